The van der Waals surface area contributed by atoms with Crippen LogP contribution in [-0.4, -0.2) is 12.3 Å². The van der Waals surface area contributed by atoms with E-state index >= 15 is 0 Å². The maximum atomic E-state index is 12.2. The zero-order valence-electron chi connectivity index (χ0n) is 19.9. The van der Waals surface area contributed by atoms with Gasteiger partial charge in [0.2, 0.25) is 0 Å². The predicted octanol–water partition coefficient (Wildman–Crippen LogP) is 6.61. The van der Waals surface area contributed by atoms with Gasteiger partial charge >= 0.3 is 0 Å². The molecule has 8 atom stereocenters. The Kier molecular flexibility index (Phi) is 5.71. The van der Waals surface area contributed by atoms with E-state index in [1.807, 2.05) is 6.08 Å². The van der Waals surface area contributed by atoms with E-state index in [4.69, 9.17) is 0 Å². The van der Waals surface area contributed by atoms with Crippen molar-refractivity contribution in [2.24, 2.45) is 52.3 Å². The van der Waals surface area contributed by atoms with Crippen LogP contribution in [0.4, 0.5) is 0 Å². The number of rotatable bonds is 5. The Morgan fingerprint density at radius 2 is 1.86 bits per heavy atom. The fraction of sp³-hybridized carbons (Fsp3) is 0.889. The Bertz CT molecular complexity index is 665. The Hall–Kier alpha value is -0.790. The number of allylic oxidation sites excluding steroid dienone is 2. The summed E-state index contributed by atoms with van der Waals surface area (Å²) in [7, 11) is 0. The molecule has 4 aliphatic rings. The molecule has 0 spiro atoms. The summed E-state index contributed by atoms with van der Waals surface area (Å²) in [4.78, 5) is 12.2. The number of carbonyl (C=O) groups is 1. The molecule has 164 valence electrons. The smallest absolute Gasteiger partial charge is 0.157 e. The van der Waals surface area contributed by atoms with Gasteiger partial charge in [0, 0.05) is 30.2 Å². The molecule has 0 aromatic carbocycles. The van der Waals surface area contributed by atoms with Crippen LogP contribution in [0.2, 0.25) is 0 Å². The number of nitrogens with one attached hydrogen (secondary N) is 1. The molecule has 1 heterocycles. The minimum atomic E-state index is 0.180. The van der Waals surface area contributed by atoms with Crippen LogP contribution in [-0.2, 0) is 4.79 Å². The molecule has 29 heavy (non-hydrogen) atoms. The molecule has 0 aromatic heterocycles. The molecule has 2 saturated carbocycles. The van der Waals surface area contributed by atoms with Crippen molar-refractivity contribution in [2.45, 2.75) is 92.9 Å². The Balaban J connectivity index is 1.52. The summed E-state index contributed by atoms with van der Waals surface area (Å²) in [5.74, 6) is 5.83. The Labute approximate surface area is 179 Å². The van der Waals surface area contributed by atoms with Crippen LogP contribution in [0.15, 0.2) is 11.8 Å². The monoisotopic (exact) mass is 399 g/mol. The maximum Gasteiger partial charge on any atom is 0.157 e. The number of ketones is 1. The zero-order chi connectivity index (χ0) is 21.0. The van der Waals surface area contributed by atoms with Gasteiger partial charge in [-0.3, -0.25) is 4.79 Å². The van der Waals surface area contributed by atoms with Gasteiger partial charge in [-0.25, -0.2) is 0 Å². The summed E-state index contributed by atoms with van der Waals surface area (Å²) in [6.45, 7) is 15.8. The van der Waals surface area contributed by atoms with Crippen LogP contribution in [0, 0.1) is 52.3 Å². The SMILES string of the molecule is CC(C)CCC[C@@H](C)[C@H]1CC[C@H]2[C@@H]3CNC4=CC(=O)CC(C)[C@]4(C)[C@H]3CC[C@]12C. The van der Waals surface area contributed by atoms with Gasteiger partial charge in [0.05, 0.1) is 0 Å². The third-order valence-corrected chi connectivity index (χ3v) is 10.4. The first-order valence-electron chi connectivity index (χ1n) is 12.7. The highest BCUT2D eigenvalue weighted by atomic mass is 16.1. The molecule has 0 amide bonds. The lowest BCUT2D eigenvalue weighted by atomic mass is 9.47. The van der Waals surface area contributed by atoms with Crippen LogP contribution in [0.3, 0.4) is 0 Å². The lowest BCUT2D eigenvalue weighted by Gasteiger charge is -2.60. The lowest BCUT2D eigenvalue weighted by molar-refractivity contribution is -0.120. The van der Waals surface area contributed by atoms with Gasteiger partial charge in [-0.1, -0.05) is 60.8 Å². The highest BCUT2D eigenvalue weighted by Gasteiger charge is 2.60. The molecule has 3 aliphatic carbocycles. The lowest BCUT2D eigenvalue weighted by Crippen LogP contribution is -2.59. The topological polar surface area (TPSA) is 29.1 Å². The van der Waals surface area contributed by atoms with Gasteiger partial charge < -0.3 is 5.32 Å². The van der Waals surface area contributed by atoms with E-state index in [1.54, 1.807) is 0 Å². The predicted molar refractivity (Wildman–Crippen MR) is 121 cm³/mol. The van der Waals surface area contributed by atoms with E-state index in [9.17, 15) is 4.79 Å². The van der Waals surface area contributed by atoms with Crippen molar-refractivity contribution in [3.63, 3.8) is 0 Å². The molecule has 0 radical (unpaired) electrons. The van der Waals surface area contributed by atoms with Crippen molar-refractivity contribution in [2.75, 3.05) is 6.54 Å². The second-order valence-electron chi connectivity index (χ2n) is 12.2. The van der Waals surface area contributed by atoms with E-state index in [1.165, 1.54) is 50.6 Å². The average molecular weight is 400 g/mol. The number of hydrogen-bond donors (Lipinski definition) is 1. The van der Waals surface area contributed by atoms with Gasteiger partial charge in [-0.05, 0) is 72.5 Å². The zero-order valence-corrected chi connectivity index (χ0v) is 19.9. The van der Waals surface area contributed by atoms with Gasteiger partial charge in [0.25, 0.3) is 0 Å². The molecule has 1 aliphatic heterocycles. The van der Waals surface area contributed by atoms with Crippen LogP contribution in [0.1, 0.15) is 92.9 Å². The Morgan fingerprint density at radius 3 is 2.59 bits per heavy atom. The molecule has 1 unspecified atom stereocenters. The summed E-state index contributed by atoms with van der Waals surface area (Å²) in [5, 5.41) is 3.78. The second-order valence-corrected chi connectivity index (χ2v) is 12.2. The van der Waals surface area contributed by atoms with Crippen LogP contribution >= 0.6 is 0 Å². The van der Waals surface area contributed by atoms with E-state index in [-0.39, 0.29) is 5.41 Å². The standard InChI is InChI=1S/C27H45NO/c1-17(2)8-7-9-18(3)22-10-11-23-21-16-28-25-15-20(29)14-19(4)27(25,6)24(21)12-13-26(22,23)5/h15,17-19,21-24,28H,7-14,16H2,1-6H3/t18-,19?,21+,22-,23+,24+,26-,27-/m1/s1. The van der Waals surface area contributed by atoms with Crippen molar-refractivity contribution in [3.05, 3.63) is 11.8 Å². The summed E-state index contributed by atoms with van der Waals surface area (Å²) >= 11 is 0. The normalized spacial score (nSPS) is 45.1. The maximum absolute atomic E-state index is 12.2. The Morgan fingerprint density at radius 1 is 1.10 bits per heavy atom. The number of fused-ring (bicyclic) bond motifs is 5. The first-order valence-corrected chi connectivity index (χ1v) is 12.7. The minimum Gasteiger partial charge on any atom is -0.387 e. The quantitative estimate of drug-likeness (QED) is 0.563. The summed E-state index contributed by atoms with van der Waals surface area (Å²) in [6.07, 6.45) is 12.5. The average Bonchev–Trinajstić information content (AvgIpc) is 3.00. The summed E-state index contributed by atoms with van der Waals surface area (Å²) in [5.41, 5.74) is 1.98. The molecule has 0 bridgehead atoms. The highest BCUT2D eigenvalue weighted by molar-refractivity contribution is 5.91. The number of carbonyl (C=O) groups excluding carboxylic acids is 1. The van der Waals surface area contributed by atoms with Crippen LogP contribution in [0.25, 0.3) is 0 Å². The molecule has 1 N–H and O–H groups in total. The van der Waals surface area contributed by atoms with E-state index in [0.29, 0.717) is 17.1 Å². The van der Waals surface area contributed by atoms with Gasteiger partial charge in [-0.15, -0.1) is 0 Å². The van der Waals surface area contributed by atoms with Crippen molar-refractivity contribution in [3.8, 4) is 0 Å². The first-order chi connectivity index (χ1) is 13.7. The van der Waals surface area contributed by atoms with Crippen molar-refractivity contribution in [1.29, 1.82) is 0 Å². The van der Waals surface area contributed by atoms with E-state index < -0.39 is 0 Å². The van der Waals surface area contributed by atoms with Crippen molar-refractivity contribution in [1.82, 2.24) is 5.32 Å². The molecule has 4 rings (SSSR count). The summed E-state index contributed by atoms with van der Waals surface area (Å²) < 4.78 is 0. The van der Waals surface area contributed by atoms with Gasteiger partial charge in [-0.2, -0.15) is 0 Å². The fourth-order valence-electron chi connectivity index (χ4n) is 8.53. The summed E-state index contributed by atoms with van der Waals surface area (Å²) in [6, 6.07) is 0. The number of piperidine rings is 1. The molecule has 1 saturated heterocycles. The van der Waals surface area contributed by atoms with Crippen molar-refractivity contribution >= 4 is 5.78 Å². The minimum absolute atomic E-state index is 0.180. The molecule has 0 aromatic rings. The third-order valence-electron chi connectivity index (χ3n) is 10.4. The van der Waals surface area contributed by atoms with E-state index in [2.05, 4.69) is 46.9 Å². The molecule has 3 fully saturated rings. The number of hydrogen-bond acceptors (Lipinski definition) is 2. The molecule has 2 heteroatoms. The first kappa shape index (κ1) is 21.4. The highest BCUT2D eigenvalue weighted by Crippen LogP contribution is 2.66. The van der Waals surface area contributed by atoms with Gasteiger partial charge in [0.15, 0.2) is 5.78 Å². The van der Waals surface area contributed by atoms with E-state index in [0.717, 1.165) is 48.5 Å². The molecular formula is C27H45NO. The fourth-order valence-corrected chi connectivity index (χ4v) is 8.53. The van der Waals surface area contributed by atoms with Gasteiger partial charge in [0.1, 0.15) is 0 Å². The molecular weight excluding hydrogens is 354 g/mol. The van der Waals surface area contributed by atoms with Crippen LogP contribution in [0.5, 0.6) is 0 Å². The van der Waals surface area contributed by atoms with Crippen molar-refractivity contribution < 1.29 is 4.79 Å². The largest absolute Gasteiger partial charge is 0.387 e. The second kappa shape index (κ2) is 7.72. The molecule has 2 nitrogen and oxygen atoms in total. The van der Waals surface area contributed by atoms with Crippen LogP contribution < -0.4 is 5.32 Å². The third kappa shape index (κ3) is 3.41.